The smallest absolute Gasteiger partial charge is 0.223 e. The summed E-state index contributed by atoms with van der Waals surface area (Å²) in [5.74, 6) is 0.382. The predicted octanol–water partition coefficient (Wildman–Crippen LogP) is 1.53. The maximum absolute atomic E-state index is 14.3. The fourth-order valence-corrected chi connectivity index (χ4v) is 3.83. The molecule has 0 N–H and O–H groups in total. The standard InChI is InChI=1S/C19H27FN2O4/c1-24-7-6-22-13-19(10-18(22)23)12-21(5-8-26-14-19)11-15-3-4-16(25-2)9-17(15)20/h3-4,9H,5-8,10-14H2,1-2H3. The lowest BCUT2D eigenvalue weighted by atomic mass is 9.87. The molecule has 1 aromatic rings. The second-order valence-corrected chi connectivity index (χ2v) is 7.21. The van der Waals surface area contributed by atoms with Crippen molar-refractivity contribution in [2.45, 2.75) is 13.0 Å². The summed E-state index contributed by atoms with van der Waals surface area (Å²) >= 11 is 0. The molecule has 2 fully saturated rings. The molecule has 1 spiro atoms. The Morgan fingerprint density at radius 2 is 2.15 bits per heavy atom. The van der Waals surface area contributed by atoms with Crippen LogP contribution >= 0.6 is 0 Å². The van der Waals surface area contributed by atoms with Crippen LogP contribution in [-0.2, 0) is 20.8 Å². The minimum atomic E-state index is -0.271. The van der Waals surface area contributed by atoms with E-state index in [1.807, 2.05) is 4.90 Å². The zero-order valence-electron chi connectivity index (χ0n) is 15.5. The Hall–Kier alpha value is -1.70. The van der Waals surface area contributed by atoms with Gasteiger partial charge in [0.05, 0.1) is 26.9 Å². The van der Waals surface area contributed by atoms with Gasteiger partial charge in [0.15, 0.2) is 0 Å². The molecule has 0 saturated carbocycles. The topological polar surface area (TPSA) is 51.2 Å². The van der Waals surface area contributed by atoms with Crippen molar-refractivity contribution < 1.29 is 23.4 Å². The normalized spacial score (nSPS) is 24.3. The van der Waals surface area contributed by atoms with Crippen LogP contribution in [0.1, 0.15) is 12.0 Å². The van der Waals surface area contributed by atoms with Crippen molar-refractivity contribution in [2.75, 3.05) is 60.2 Å². The van der Waals surface area contributed by atoms with Gasteiger partial charge in [-0.3, -0.25) is 9.69 Å². The fraction of sp³-hybridized carbons (Fsp3) is 0.632. The number of nitrogens with zero attached hydrogens (tertiary/aromatic N) is 2. The number of ether oxygens (including phenoxy) is 3. The highest BCUT2D eigenvalue weighted by molar-refractivity contribution is 5.79. The first kappa shape index (κ1) is 19.1. The Labute approximate surface area is 153 Å². The zero-order valence-corrected chi connectivity index (χ0v) is 15.5. The lowest BCUT2D eigenvalue weighted by molar-refractivity contribution is -0.128. The second-order valence-electron chi connectivity index (χ2n) is 7.21. The van der Waals surface area contributed by atoms with Crippen molar-refractivity contribution >= 4 is 5.91 Å². The highest BCUT2D eigenvalue weighted by Crippen LogP contribution is 2.34. The number of halogens is 1. The van der Waals surface area contributed by atoms with Gasteiger partial charge in [-0.15, -0.1) is 0 Å². The van der Waals surface area contributed by atoms with E-state index in [2.05, 4.69) is 4.90 Å². The number of likely N-dealkylation sites (tertiary alicyclic amines) is 1. The van der Waals surface area contributed by atoms with E-state index in [0.29, 0.717) is 63.7 Å². The molecule has 2 saturated heterocycles. The number of amides is 1. The van der Waals surface area contributed by atoms with Gasteiger partial charge >= 0.3 is 0 Å². The van der Waals surface area contributed by atoms with Crippen LogP contribution in [-0.4, -0.2) is 75.9 Å². The lowest BCUT2D eigenvalue weighted by Gasteiger charge is -2.31. The molecule has 6 nitrogen and oxygen atoms in total. The summed E-state index contributed by atoms with van der Waals surface area (Å²) in [4.78, 5) is 16.4. The molecule has 2 aliphatic heterocycles. The zero-order chi connectivity index (χ0) is 18.6. The molecule has 0 aliphatic carbocycles. The molecule has 144 valence electrons. The monoisotopic (exact) mass is 366 g/mol. The number of methoxy groups -OCH3 is 2. The molecule has 0 aromatic heterocycles. The minimum absolute atomic E-state index is 0.142. The lowest BCUT2D eigenvalue weighted by Crippen LogP contribution is -2.41. The fourth-order valence-electron chi connectivity index (χ4n) is 3.83. The molecule has 1 aromatic carbocycles. The Kier molecular flexibility index (Phi) is 6.11. The third-order valence-electron chi connectivity index (χ3n) is 5.14. The summed E-state index contributed by atoms with van der Waals surface area (Å²) in [6.45, 7) is 4.88. The van der Waals surface area contributed by atoms with Gasteiger partial charge in [-0.1, -0.05) is 6.07 Å². The summed E-state index contributed by atoms with van der Waals surface area (Å²) in [5, 5.41) is 0. The quantitative estimate of drug-likeness (QED) is 0.764. The van der Waals surface area contributed by atoms with Crippen molar-refractivity contribution in [2.24, 2.45) is 5.41 Å². The van der Waals surface area contributed by atoms with Crippen molar-refractivity contribution in [3.05, 3.63) is 29.6 Å². The summed E-state index contributed by atoms with van der Waals surface area (Å²) in [6, 6.07) is 4.94. The number of carbonyl (C=O) groups excluding carboxylic acids is 1. The molecule has 3 rings (SSSR count). The van der Waals surface area contributed by atoms with Crippen LogP contribution < -0.4 is 4.74 Å². The predicted molar refractivity (Wildman–Crippen MR) is 94.6 cm³/mol. The third kappa shape index (κ3) is 4.34. The van der Waals surface area contributed by atoms with E-state index in [-0.39, 0.29) is 17.1 Å². The number of hydrogen-bond acceptors (Lipinski definition) is 5. The summed E-state index contributed by atoms with van der Waals surface area (Å²) < 4.78 is 30.3. The summed E-state index contributed by atoms with van der Waals surface area (Å²) in [5.41, 5.74) is 0.396. The van der Waals surface area contributed by atoms with Gasteiger partial charge in [-0.05, 0) is 6.07 Å². The number of carbonyl (C=O) groups is 1. The van der Waals surface area contributed by atoms with Crippen molar-refractivity contribution in [1.82, 2.24) is 9.80 Å². The minimum Gasteiger partial charge on any atom is -0.497 e. The number of hydrogen-bond donors (Lipinski definition) is 0. The maximum Gasteiger partial charge on any atom is 0.223 e. The van der Waals surface area contributed by atoms with Gasteiger partial charge in [0.2, 0.25) is 5.91 Å². The van der Waals surface area contributed by atoms with Crippen LogP contribution in [0.25, 0.3) is 0 Å². The van der Waals surface area contributed by atoms with E-state index in [9.17, 15) is 9.18 Å². The van der Waals surface area contributed by atoms with E-state index in [4.69, 9.17) is 14.2 Å². The Bertz CT molecular complexity index is 642. The maximum atomic E-state index is 14.3. The van der Waals surface area contributed by atoms with Crippen molar-refractivity contribution in [3.63, 3.8) is 0 Å². The molecule has 1 unspecified atom stereocenters. The average Bonchev–Trinajstić information content (AvgIpc) is 2.80. The Morgan fingerprint density at radius 1 is 1.31 bits per heavy atom. The highest BCUT2D eigenvalue weighted by atomic mass is 19.1. The molecule has 1 amide bonds. The van der Waals surface area contributed by atoms with Crippen LogP contribution in [0.5, 0.6) is 5.75 Å². The van der Waals surface area contributed by atoms with Crippen LogP contribution in [0.4, 0.5) is 4.39 Å². The number of rotatable bonds is 6. The molecule has 7 heteroatoms. The molecule has 2 aliphatic rings. The molecule has 1 atom stereocenters. The van der Waals surface area contributed by atoms with Gasteiger partial charge in [0, 0.05) is 63.3 Å². The van der Waals surface area contributed by atoms with E-state index in [1.165, 1.54) is 13.2 Å². The molecule has 2 heterocycles. The van der Waals surface area contributed by atoms with Gasteiger partial charge in [0.1, 0.15) is 11.6 Å². The van der Waals surface area contributed by atoms with Gasteiger partial charge < -0.3 is 19.1 Å². The first-order chi connectivity index (χ1) is 12.5. The van der Waals surface area contributed by atoms with E-state index in [0.717, 1.165) is 6.54 Å². The molecular weight excluding hydrogens is 339 g/mol. The second kappa shape index (κ2) is 8.33. The molecule has 26 heavy (non-hydrogen) atoms. The van der Waals surface area contributed by atoms with Crippen molar-refractivity contribution in [3.8, 4) is 5.75 Å². The van der Waals surface area contributed by atoms with E-state index >= 15 is 0 Å². The Balaban J connectivity index is 1.69. The van der Waals surface area contributed by atoms with Crippen LogP contribution in [0.3, 0.4) is 0 Å². The molecular formula is C19H27FN2O4. The van der Waals surface area contributed by atoms with Crippen LogP contribution in [0.2, 0.25) is 0 Å². The van der Waals surface area contributed by atoms with Gasteiger partial charge in [0.25, 0.3) is 0 Å². The molecule has 0 bridgehead atoms. The van der Waals surface area contributed by atoms with E-state index < -0.39 is 0 Å². The van der Waals surface area contributed by atoms with E-state index in [1.54, 1.807) is 19.2 Å². The first-order valence-electron chi connectivity index (χ1n) is 8.94. The average molecular weight is 366 g/mol. The van der Waals surface area contributed by atoms with Gasteiger partial charge in [-0.2, -0.15) is 0 Å². The van der Waals surface area contributed by atoms with Crippen LogP contribution in [0, 0.1) is 11.2 Å². The molecule has 0 radical (unpaired) electrons. The summed E-state index contributed by atoms with van der Waals surface area (Å²) in [7, 11) is 3.16. The SMILES string of the molecule is COCCN1CC2(COCCN(Cc3ccc(OC)cc3F)C2)CC1=O. The number of benzene rings is 1. The first-order valence-corrected chi connectivity index (χ1v) is 8.94. The Morgan fingerprint density at radius 3 is 2.88 bits per heavy atom. The van der Waals surface area contributed by atoms with Crippen molar-refractivity contribution in [1.29, 1.82) is 0 Å². The van der Waals surface area contributed by atoms with Gasteiger partial charge in [-0.25, -0.2) is 4.39 Å². The highest BCUT2D eigenvalue weighted by Gasteiger charge is 2.45. The third-order valence-corrected chi connectivity index (χ3v) is 5.14. The van der Waals surface area contributed by atoms with Crippen LogP contribution in [0.15, 0.2) is 18.2 Å². The largest absolute Gasteiger partial charge is 0.497 e. The summed E-state index contributed by atoms with van der Waals surface area (Å²) in [6.07, 6.45) is 0.471.